The Labute approximate surface area is 78.9 Å². The average molecular weight is 186 g/mol. The number of rotatable bonds is 0. The standard InChI is InChI=1S/C10H6N2S/c1-2-11-4-7-3-8-5-13-6-10(8)12-9(1)7/h1-6H. The topological polar surface area (TPSA) is 25.8 Å². The van der Waals surface area contributed by atoms with Gasteiger partial charge in [0.1, 0.15) is 0 Å². The van der Waals surface area contributed by atoms with E-state index in [1.165, 1.54) is 5.39 Å². The van der Waals surface area contributed by atoms with Crippen molar-refractivity contribution in [2.45, 2.75) is 0 Å². The second kappa shape index (κ2) is 2.50. The van der Waals surface area contributed by atoms with Crippen LogP contribution in [-0.2, 0) is 0 Å². The van der Waals surface area contributed by atoms with Gasteiger partial charge in [0.2, 0.25) is 0 Å². The highest BCUT2D eigenvalue weighted by Gasteiger charge is 1.98. The quantitative estimate of drug-likeness (QED) is 0.539. The predicted octanol–water partition coefficient (Wildman–Crippen LogP) is 2.84. The lowest BCUT2D eigenvalue weighted by Gasteiger charge is -1.95. The second-order valence-corrected chi connectivity index (χ2v) is 3.65. The average Bonchev–Trinajstić information content (AvgIpc) is 2.61. The van der Waals surface area contributed by atoms with E-state index in [-0.39, 0.29) is 0 Å². The molecular weight excluding hydrogens is 180 g/mol. The van der Waals surface area contributed by atoms with Gasteiger partial charge in [0, 0.05) is 33.9 Å². The highest BCUT2D eigenvalue weighted by Crippen LogP contribution is 2.21. The molecule has 0 atom stereocenters. The van der Waals surface area contributed by atoms with E-state index in [2.05, 4.69) is 26.8 Å². The summed E-state index contributed by atoms with van der Waals surface area (Å²) in [5, 5.41) is 6.48. The van der Waals surface area contributed by atoms with Crippen LogP contribution in [0.1, 0.15) is 0 Å². The summed E-state index contributed by atoms with van der Waals surface area (Å²) in [4.78, 5) is 8.58. The molecule has 0 aliphatic carbocycles. The van der Waals surface area contributed by atoms with Crippen LogP contribution in [0.5, 0.6) is 0 Å². The van der Waals surface area contributed by atoms with E-state index in [0.717, 1.165) is 16.4 Å². The zero-order chi connectivity index (χ0) is 8.67. The first-order valence-electron chi connectivity index (χ1n) is 4.00. The van der Waals surface area contributed by atoms with E-state index in [4.69, 9.17) is 0 Å². The van der Waals surface area contributed by atoms with Crippen molar-refractivity contribution in [3.05, 3.63) is 35.3 Å². The number of hydrogen-bond donors (Lipinski definition) is 0. The maximum absolute atomic E-state index is 4.51. The first kappa shape index (κ1) is 6.97. The van der Waals surface area contributed by atoms with Gasteiger partial charge in [-0.1, -0.05) is 0 Å². The van der Waals surface area contributed by atoms with Crippen LogP contribution in [0.15, 0.2) is 35.3 Å². The SMILES string of the molecule is c1cc2nc3cscc3cc2cn1. The van der Waals surface area contributed by atoms with Crippen molar-refractivity contribution in [2.75, 3.05) is 0 Å². The molecule has 3 aromatic rings. The number of nitrogens with zero attached hydrogens (tertiary/aromatic N) is 2. The van der Waals surface area contributed by atoms with Crippen molar-refractivity contribution >= 4 is 33.1 Å². The zero-order valence-corrected chi connectivity index (χ0v) is 7.58. The van der Waals surface area contributed by atoms with Crippen molar-refractivity contribution in [3.63, 3.8) is 0 Å². The van der Waals surface area contributed by atoms with Gasteiger partial charge in [0.25, 0.3) is 0 Å². The Bertz CT molecular complexity index is 521. The maximum Gasteiger partial charge on any atom is 0.0816 e. The van der Waals surface area contributed by atoms with Crippen LogP contribution in [0.25, 0.3) is 21.8 Å². The molecule has 3 aromatic heterocycles. The Morgan fingerprint density at radius 3 is 3.08 bits per heavy atom. The van der Waals surface area contributed by atoms with Crippen LogP contribution in [-0.4, -0.2) is 9.97 Å². The highest BCUT2D eigenvalue weighted by molar-refractivity contribution is 7.09. The fourth-order valence-corrected chi connectivity index (χ4v) is 2.13. The summed E-state index contributed by atoms with van der Waals surface area (Å²) in [6, 6.07) is 4.06. The normalized spacial score (nSPS) is 11.1. The molecule has 2 nitrogen and oxygen atoms in total. The predicted molar refractivity (Wildman–Crippen MR) is 54.9 cm³/mol. The lowest BCUT2D eigenvalue weighted by Crippen LogP contribution is -1.79. The highest BCUT2D eigenvalue weighted by atomic mass is 32.1. The van der Waals surface area contributed by atoms with E-state index in [1.807, 2.05) is 12.3 Å². The molecule has 0 fully saturated rings. The molecule has 0 aliphatic heterocycles. The molecule has 0 aromatic carbocycles. The minimum Gasteiger partial charge on any atom is -0.264 e. The van der Waals surface area contributed by atoms with Crippen molar-refractivity contribution in [3.8, 4) is 0 Å². The fourth-order valence-electron chi connectivity index (χ4n) is 1.41. The molecule has 0 saturated heterocycles. The first-order valence-corrected chi connectivity index (χ1v) is 4.94. The minimum atomic E-state index is 1.01. The van der Waals surface area contributed by atoms with Crippen LogP contribution in [0.3, 0.4) is 0 Å². The van der Waals surface area contributed by atoms with Gasteiger partial charge in [-0.2, -0.15) is 0 Å². The minimum absolute atomic E-state index is 1.01. The molecular formula is C10H6N2S. The van der Waals surface area contributed by atoms with Crippen molar-refractivity contribution in [1.82, 2.24) is 9.97 Å². The summed E-state index contributed by atoms with van der Waals surface area (Å²) in [6.45, 7) is 0. The van der Waals surface area contributed by atoms with Crippen molar-refractivity contribution in [1.29, 1.82) is 0 Å². The van der Waals surface area contributed by atoms with Gasteiger partial charge >= 0.3 is 0 Å². The van der Waals surface area contributed by atoms with Gasteiger partial charge in [-0.25, -0.2) is 4.98 Å². The van der Waals surface area contributed by atoms with Gasteiger partial charge in [0.15, 0.2) is 0 Å². The van der Waals surface area contributed by atoms with Gasteiger partial charge in [-0.3, -0.25) is 4.98 Å². The molecule has 13 heavy (non-hydrogen) atoms. The molecule has 0 aliphatic rings. The summed E-state index contributed by atoms with van der Waals surface area (Å²) in [6.07, 6.45) is 3.62. The molecule has 0 N–H and O–H groups in total. The Balaban J connectivity index is 2.57. The summed E-state index contributed by atoms with van der Waals surface area (Å²) in [7, 11) is 0. The monoisotopic (exact) mass is 186 g/mol. The van der Waals surface area contributed by atoms with Gasteiger partial charge in [-0.05, 0) is 12.1 Å². The Morgan fingerprint density at radius 2 is 2.08 bits per heavy atom. The van der Waals surface area contributed by atoms with E-state index in [9.17, 15) is 0 Å². The zero-order valence-electron chi connectivity index (χ0n) is 6.77. The van der Waals surface area contributed by atoms with Crippen LogP contribution >= 0.6 is 11.3 Å². The third-order valence-electron chi connectivity index (χ3n) is 2.05. The summed E-state index contributed by atoms with van der Waals surface area (Å²) in [5.41, 5.74) is 2.09. The van der Waals surface area contributed by atoms with Crippen molar-refractivity contribution < 1.29 is 0 Å². The number of pyridine rings is 2. The molecule has 0 unspecified atom stereocenters. The molecule has 0 amide bonds. The van der Waals surface area contributed by atoms with Crippen LogP contribution in [0.2, 0.25) is 0 Å². The van der Waals surface area contributed by atoms with Gasteiger partial charge in [0.05, 0.1) is 11.0 Å². The van der Waals surface area contributed by atoms with E-state index < -0.39 is 0 Å². The summed E-state index contributed by atoms with van der Waals surface area (Å²) in [5.74, 6) is 0. The molecule has 0 spiro atoms. The smallest absolute Gasteiger partial charge is 0.0816 e. The molecule has 0 radical (unpaired) electrons. The van der Waals surface area contributed by atoms with Crippen LogP contribution in [0.4, 0.5) is 0 Å². The number of fused-ring (bicyclic) bond motifs is 2. The first-order chi connectivity index (χ1) is 6.43. The molecule has 0 bridgehead atoms. The third kappa shape index (κ3) is 1.01. The second-order valence-electron chi connectivity index (χ2n) is 2.90. The lowest BCUT2D eigenvalue weighted by atomic mass is 10.2. The largest absolute Gasteiger partial charge is 0.264 e. The van der Waals surface area contributed by atoms with Gasteiger partial charge in [-0.15, -0.1) is 11.3 Å². The molecule has 3 rings (SSSR count). The Hall–Kier alpha value is -1.48. The molecule has 3 heterocycles. The third-order valence-corrected chi connectivity index (χ3v) is 2.80. The number of hydrogen-bond acceptors (Lipinski definition) is 3. The van der Waals surface area contributed by atoms with E-state index in [0.29, 0.717) is 0 Å². The van der Waals surface area contributed by atoms with Gasteiger partial charge < -0.3 is 0 Å². The number of aromatic nitrogens is 2. The van der Waals surface area contributed by atoms with Crippen LogP contribution in [0, 0.1) is 0 Å². The summed E-state index contributed by atoms with van der Waals surface area (Å²) < 4.78 is 0. The summed E-state index contributed by atoms with van der Waals surface area (Å²) >= 11 is 1.68. The molecule has 3 heteroatoms. The van der Waals surface area contributed by atoms with E-state index >= 15 is 0 Å². The molecule has 62 valence electrons. The Morgan fingerprint density at radius 1 is 1.08 bits per heavy atom. The molecule has 0 saturated carbocycles. The fraction of sp³-hybridized carbons (Fsp3) is 0. The van der Waals surface area contributed by atoms with Crippen LogP contribution < -0.4 is 0 Å². The maximum atomic E-state index is 4.51. The lowest BCUT2D eigenvalue weighted by molar-refractivity contribution is 1.35. The van der Waals surface area contributed by atoms with E-state index in [1.54, 1.807) is 17.5 Å². The van der Waals surface area contributed by atoms with Crippen molar-refractivity contribution in [2.24, 2.45) is 0 Å². The number of thiophene rings is 1. The Kier molecular flexibility index (Phi) is 1.34.